The average molecular weight is 521 g/mol. The van der Waals surface area contributed by atoms with Crippen LogP contribution in [0.4, 0.5) is 18.0 Å². The van der Waals surface area contributed by atoms with Gasteiger partial charge in [-0.2, -0.15) is 13.2 Å². The molecule has 0 radical (unpaired) electrons. The largest absolute Gasteiger partial charge is 0.416 e. The molecule has 2 aliphatic rings. The topological polar surface area (TPSA) is 81.8 Å². The molecular formula is C27H35F3N4O3. The summed E-state index contributed by atoms with van der Waals surface area (Å²) >= 11 is 0. The highest BCUT2D eigenvalue weighted by Gasteiger charge is 2.48. The number of carbonyl (C=O) groups excluding carboxylic acids is 3. The van der Waals surface area contributed by atoms with Crippen LogP contribution in [0.15, 0.2) is 48.2 Å². The summed E-state index contributed by atoms with van der Waals surface area (Å²) in [7, 11) is 0. The standard InChI is InChI=1S/C27H35F3N4O3/c1-6-13-33-21-15-34(20(14-17(4)5)24(35)31-12-11-16(2)3)25(36)22(21)23(32-26(33)37)18-9-7-8-10-19(18)27(28,29)30/h6-10,16-17,20,23H,1,11-15H2,2-5H3,(H,31,35)(H,32,37)/t20-,23+/m1/s1. The van der Waals surface area contributed by atoms with Gasteiger partial charge in [-0.1, -0.05) is 52.0 Å². The van der Waals surface area contributed by atoms with Gasteiger partial charge in [-0.25, -0.2) is 4.79 Å². The Balaban J connectivity index is 2.04. The number of alkyl halides is 3. The zero-order valence-corrected chi connectivity index (χ0v) is 21.7. The molecule has 0 aromatic heterocycles. The fraction of sp³-hybridized carbons (Fsp3) is 0.519. The molecule has 0 bridgehead atoms. The van der Waals surface area contributed by atoms with E-state index in [1.807, 2.05) is 27.7 Å². The van der Waals surface area contributed by atoms with Crippen molar-refractivity contribution in [2.75, 3.05) is 19.6 Å². The second-order valence-electron chi connectivity index (χ2n) is 10.3. The summed E-state index contributed by atoms with van der Waals surface area (Å²) in [4.78, 5) is 42.8. The maximum absolute atomic E-state index is 13.9. The van der Waals surface area contributed by atoms with Gasteiger partial charge in [0.05, 0.1) is 29.4 Å². The summed E-state index contributed by atoms with van der Waals surface area (Å²) in [5.74, 6) is -0.428. The Morgan fingerprint density at radius 3 is 2.46 bits per heavy atom. The lowest BCUT2D eigenvalue weighted by Crippen LogP contribution is -2.49. The normalized spacial score (nSPS) is 18.9. The fourth-order valence-electron chi connectivity index (χ4n) is 4.75. The van der Waals surface area contributed by atoms with Crippen LogP contribution in [0.25, 0.3) is 0 Å². The first kappa shape index (κ1) is 28.3. The van der Waals surface area contributed by atoms with Crippen molar-refractivity contribution in [3.63, 3.8) is 0 Å². The fourth-order valence-corrected chi connectivity index (χ4v) is 4.75. The van der Waals surface area contributed by atoms with E-state index >= 15 is 0 Å². The van der Waals surface area contributed by atoms with Crippen molar-refractivity contribution in [3.05, 3.63) is 59.3 Å². The Morgan fingerprint density at radius 1 is 1.19 bits per heavy atom. The first-order valence-electron chi connectivity index (χ1n) is 12.5. The van der Waals surface area contributed by atoms with Crippen molar-refractivity contribution in [1.82, 2.24) is 20.4 Å². The lowest BCUT2D eigenvalue weighted by atomic mass is 9.91. The molecular weight excluding hydrogens is 485 g/mol. The van der Waals surface area contributed by atoms with E-state index in [-0.39, 0.29) is 36.1 Å². The third kappa shape index (κ3) is 6.17. The van der Waals surface area contributed by atoms with Crippen molar-refractivity contribution in [3.8, 4) is 0 Å². The second kappa shape index (κ2) is 11.4. The molecule has 7 nitrogen and oxygen atoms in total. The van der Waals surface area contributed by atoms with Crippen LogP contribution in [0.1, 0.15) is 57.7 Å². The van der Waals surface area contributed by atoms with Crippen molar-refractivity contribution < 1.29 is 27.6 Å². The van der Waals surface area contributed by atoms with Gasteiger partial charge in [-0.3, -0.25) is 14.5 Å². The minimum absolute atomic E-state index is 0.0434. The molecule has 1 aromatic rings. The predicted molar refractivity (Wildman–Crippen MR) is 134 cm³/mol. The molecule has 1 aromatic carbocycles. The van der Waals surface area contributed by atoms with Gasteiger partial charge in [0, 0.05) is 13.1 Å². The van der Waals surface area contributed by atoms with Gasteiger partial charge in [0.15, 0.2) is 0 Å². The van der Waals surface area contributed by atoms with Crippen LogP contribution in [0.2, 0.25) is 0 Å². The van der Waals surface area contributed by atoms with Gasteiger partial charge in [0.25, 0.3) is 5.91 Å². The molecule has 2 heterocycles. The Hall–Kier alpha value is -3.30. The minimum Gasteiger partial charge on any atom is -0.354 e. The summed E-state index contributed by atoms with van der Waals surface area (Å²) in [6, 6.07) is 2.14. The first-order valence-corrected chi connectivity index (χ1v) is 12.5. The first-order chi connectivity index (χ1) is 17.4. The van der Waals surface area contributed by atoms with E-state index in [2.05, 4.69) is 17.2 Å². The summed E-state index contributed by atoms with van der Waals surface area (Å²) in [5.41, 5.74) is -0.812. The predicted octanol–water partition coefficient (Wildman–Crippen LogP) is 4.63. The van der Waals surface area contributed by atoms with Gasteiger partial charge in [0.1, 0.15) is 6.04 Å². The monoisotopic (exact) mass is 520 g/mol. The summed E-state index contributed by atoms with van der Waals surface area (Å²) < 4.78 is 41.6. The number of nitrogens with one attached hydrogen (secondary N) is 2. The Morgan fingerprint density at radius 2 is 1.86 bits per heavy atom. The Bertz CT molecular complexity index is 1080. The maximum Gasteiger partial charge on any atom is 0.416 e. The number of benzene rings is 1. The zero-order chi connectivity index (χ0) is 27.5. The summed E-state index contributed by atoms with van der Waals surface area (Å²) in [6.07, 6.45) is -2.07. The minimum atomic E-state index is -4.68. The molecule has 202 valence electrons. The highest BCUT2D eigenvalue weighted by Crippen LogP contribution is 2.42. The molecule has 0 spiro atoms. The van der Waals surface area contributed by atoms with Crippen LogP contribution in [-0.2, 0) is 15.8 Å². The number of urea groups is 1. The van der Waals surface area contributed by atoms with Crippen LogP contribution < -0.4 is 10.6 Å². The zero-order valence-electron chi connectivity index (χ0n) is 21.7. The van der Waals surface area contributed by atoms with Crippen molar-refractivity contribution in [2.24, 2.45) is 11.8 Å². The Labute approximate surface area is 215 Å². The van der Waals surface area contributed by atoms with Gasteiger partial charge in [0.2, 0.25) is 5.91 Å². The third-order valence-corrected chi connectivity index (χ3v) is 6.53. The molecule has 4 amide bonds. The van der Waals surface area contributed by atoms with E-state index in [1.165, 1.54) is 34.1 Å². The molecule has 2 atom stereocenters. The van der Waals surface area contributed by atoms with Gasteiger partial charge >= 0.3 is 12.2 Å². The van der Waals surface area contributed by atoms with E-state index in [9.17, 15) is 27.6 Å². The quantitative estimate of drug-likeness (QED) is 0.442. The van der Waals surface area contributed by atoms with Crippen LogP contribution >= 0.6 is 0 Å². The van der Waals surface area contributed by atoms with Crippen LogP contribution in [0.5, 0.6) is 0 Å². The molecule has 10 heteroatoms. The highest BCUT2D eigenvalue weighted by molar-refractivity contribution is 6.03. The summed E-state index contributed by atoms with van der Waals surface area (Å²) in [5, 5.41) is 5.49. The van der Waals surface area contributed by atoms with E-state index < -0.39 is 35.8 Å². The highest BCUT2D eigenvalue weighted by atomic mass is 19.4. The summed E-state index contributed by atoms with van der Waals surface area (Å²) in [6.45, 7) is 12.1. The molecule has 37 heavy (non-hydrogen) atoms. The van der Waals surface area contributed by atoms with E-state index in [1.54, 1.807) is 0 Å². The number of carbonyl (C=O) groups is 3. The SMILES string of the molecule is C=CCN1C(=O)N[C@@H](c2ccccc2C(F)(F)F)C2=C1CN([C@H](CC(C)C)C(=O)NCCC(C)C)C2=O. The van der Waals surface area contributed by atoms with Crippen LogP contribution in [0, 0.1) is 11.8 Å². The van der Waals surface area contributed by atoms with Gasteiger partial charge in [-0.05, 0) is 36.3 Å². The number of amides is 4. The lowest BCUT2D eigenvalue weighted by Gasteiger charge is -2.33. The van der Waals surface area contributed by atoms with Gasteiger partial charge < -0.3 is 15.5 Å². The molecule has 0 saturated carbocycles. The number of hydrogen-bond donors (Lipinski definition) is 2. The molecule has 3 rings (SSSR count). The van der Waals surface area contributed by atoms with E-state index in [4.69, 9.17) is 0 Å². The number of rotatable bonds is 10. The molecule has 2 N–H and O–H groups in total. The number of halogens is 3. The molecule has 0 fully saturated rings. The second-order valence-corrected chi connectivity index (χ2v) is 10.3. The smallest absolute Gasteiger partial charge is 0.354 e. The van der Waals surface area contributed by atoms with Crippen molar-refractivity contribution in [1.29, 1.82) is 0 Å². The Kier molecular flexibility index (Phi) is 8.71. The van der Waals surface area contributed by atoms with E-state index in [0.717, 1.165) is 12.5 Å². The lowest BCUT2D eigenvalue weighted by molar-refractivity contribution is -0.139. The molecule has 0 unspecified atom stereocenters. The van der Waals surface area contributed by atoms with Crippen molar-refractivity contribution >= 4 is 17.8 Å². The molecule has 2 aliphatic heterocycles. The van der Waals surface area contributed by atoms with E-state index in [0.29, 0.717) is 24.6 Å². The van der Waals surface area contributed by atoms with Gasteiger partial charge in [-0.15, -0.1) is 6.58 Å². The van der Waals surface area contributed by atoms with Crippen LogP contribution in [0.3, 0.4) is 0 Å². The number of hydrogen-bond acceptors (Lipinski definition) is 3. The maximum atomic E-state index is 13.9. The average Bonchev–Trinajstić information content (AvgIpc) is 3.15. The number of nitrogens with zero attached hydrogens (tertiary/aromatic N) is 2. The molecule has 0 aliphatic carbocycles. The van der Waals surface area contributed by atoms with Crippen LogP contribution in [-0.4, -0.2) is 53.3 Å². The van der Waals surface area contributed by atoms with Crippen molar-refractivity contribution in [2.45, 2.75) is 58.8 Å². The molecule has 0 saturated heterocycles. The third-order valence-electron chi connectivity index (χ3n) is 6.53.